The van der Waals surface area contributed by atoms with Crippen LogP contribution in [0.2, 0.25) is 0 Å². The molecule has 3 aromatic rings. The number of thiazole rings is 1. The van der Waals surface area contributed by atoms with Gasteiger partial charge in [-0.2, -0.15) is 10.1 Å². The van der Waals surface area contributed by atoms with Gasteiger partial charge in [-0.3, -0.25) is 19.6 Å². The van der Waals surface area contributed by atoms with Crippen LogP contribution in [0, 0.1) is 24.0 Å². The van der Waals surface area contributed by atoms with Crippen molar-refractivity contribution in [2.75, 3.05) is 0 Å². The van der Waals surface area contributed by atoms with Gasteiger partial charge in [0.2, 0.25) is 0 Å². The van der Waals surface area contributed by atoms with E-state index in [1.165, 1.54) is 16.0 Å². The third-order valence-corrected chi connectivity index (χ3v) is 4.68. The summed E-state index contributed by atoms with van der Waals surface area (Å²) in [6.45, 7) is 3.61. The molecule has 0 fully saturated rings. The number of benzene rings is 1. The molecule has 2 aromatic heterocycles. The fourth-order valence-electron chi connectivity index (χ4n) is 2.66. The SMILES string of the molecule is Cc1nn(CC(=O)N=c2sccn2Cc2ccccc2)c(C)c1[N+](=O)[O-]. The minimum Gasteiger partial charge on any atom is -0.319 e. The van der Waals surface area contributed by atoms with Crippen molar-refractivity contribution in [2.45, 2.75) is 26.9 Å². The summed E-state index contributed by atoms with van der Waals surface area (Å²) >= 11 is 1.36. The molecule has 8 nitrogen and oxygen atoms in total. The molecule has 1 aromatic carbocycles. The number of rotatable bonds is 5. The average Bonchev–Trinajstić information content (AvgIpc) is 3.12. The van der Waals surface area contributed by atoms with Crippen LogP contribution in [0.3, 0.4) is 0 Å². The summed E-state index contributed by atoms with van der Waals surface area (Å²) in [6.07, 6.45) is 1.87. The third-order valence-electron chi connectivity index (χ3n) is 3.89. The van der Waals surface area contributed by atoms with Gasteiger partial charge >= 0.3 is 5.69 Å². The molecule has 0 N–H and O–H groups in total. The average molecular weight is 371 g/mol. The predicted molar refractivity (Wildman–Crippen MR) is 96.8 cm³/mol. The quantitative estimate of drug-likeness (QED) is 0.508. The van der Waals surface area contributed by atoms with Crippen molar-refractivity contribution >= 4 is 22.9 Å². The van der Waals surface area contributed by atoms with E-state index in [1.807, 2.05) is 46.5 Å². The number of nitrogens with zero attached hydrogens (tertiary/aromatic N) is 5. The topological polar surface area (TPSA) is 95.3 Å². The maximum absolute atomic E-state index is 12.3. The molecule has 0 aliphatic heterocycles. The molecule has 134 valence electrons. The van der Waals surface area contributed by atoms with Gasteiger partial charge in [-0.15, -0.1) is 11.3 Å². The second-order valence-corrected chi connectivity index (χ2v) is 6.61. The Labute approximate surface area is 153 Å². The van der Waals surface area contributed by atoms with Crippen molar-refractivity contribution in [3.8, 4) is 0 Å². The third kappa shape index (κ3) is 3.77. The smallest absolute Gasteiger partial charge is 0.312 e. The Hall–Kier alpha value is -3.07. The molecule has 0 aliphatic carbocycles. The Kier molecular flexibility index (Phi) is 5.08. The van der Waals surface area contributed by atoms with Crippen LogP contribution in [-0.4, -0.2) is 25.2 Å². The summed E-state index contributed by atoms with van der Waals surface area (Å²) in [5, 5.41) is 17.0. The van der Waals surface area contributed by atoms with Crippen LogP contribution in [0.15, 0.2) is 46.9 Å². The molecular formula is C17H17N5O3S. The molecule has 3 rings (SSSR count). The number of aryl methyl sites for hydroxylation is 1. The van der Waals surface area contributed by atoms with Crippen LogP contribution in [0.4, 0.5) is 5.69 Å². The number of aromatic nitrogens is 3. The highest BCUT2D eigenvalue weighted by molar-refractivity contribution is 7.07. The minimum absolute atomic E-state index is 0.0620. The van der Waals surface area contributed by atoms with Gasteiger partial charge in [0.15, 0.2) is 4.80 Å². The van der Waals surface area contributed by atoms with Gasteiger partial charge in [-0.25, -0.2) is 0 Å². The van der Waals surface area contributed by atoms with Crippen LogP contribution in [0.1, 0.15) is 17.0 Å². The summed E-state index contributed by atoms with van der Waals surface area (Å²) in [7, 11) is 0. The van der Waals surface area contributed by atoms with E-state index < -0.39 is 10.8 Å². The van der Waals surface area contributed by atoms with Crippen LogP contribution in [-0.2, 0) is 17.9 Å². The lowest BCUT2D eigenvalue weighted by Crippen LogP contribution is -2.19. The highest BCUT2D eigenvalue weighted by Crippen LogP contribution is 2.21. The highest BCUT2D eigenvalue weighted by Gasteiger charge is 2.22. The molecule has 0 spiro atoms. The van der Waals surface area contributed by atoms with E-state index in [2.05, 4.69) is 10.1 Å². The summed E-state index contributed by atoms with van der Waals surface area (Å²) in [4.78, 5) is 27.6. The van der Waals surface area contributed by atoms with Crippen LogP contribution in [0.5, 0.6) is 0 Å². The van der Waals surface area contributed by atoms with E-state index in [0.29, 0.717) is 17.0 Å². The minimum atomic E-state index is -0.483. The van der Waals surface area contributed by atoms with E-state index >= 15 is 0 Å². The Morgan fingerprint density at radius 1 is 1.31 bits per heavy atom. The van der Waals surface area contributed by atoms with Gasteiger partial charge in [0.05, 0.1) is 4.92 Å². The lowest BCUT2D eigenvalue weighted by atomic mass is 10.2. The van der Waals surface area contributed by atoms with Crippen LogP contribution >= 0.6 is 11.3 Å². The molecule has 1 amide bonds. The Morgan fingerprint density at radius 2 is 2.04 bits per heavy atom. The Balaban J connectivity index is 1.82. The second kappa shape index (κ2) is 7.44. The molecule has 2 heterocycles. The summed E-state index contributed by atoms with van der Waals surface area (Å²) in [5.41, 5.74) is 1.68. The lowest BCUT2D eigenvalue weighted by Gasteiger charge is -2.03. The molecule has 9 heteroatoms. The Bertz CT molecular complexity index is 1020. The van der Waals surface area contributed by atoms with Gasteiger partial charge in [-0.1, -0.05) is 30.3 Å². The molecule has 0 unspecified atom stereocenters. The number of hydrogen-bond donors (Lipinski definition) is 0. The van der Waals surface area contributed by atoms with Crippen molar-refractivity contribution in [3.63, 3.8) is 0 Å². The molecule has 0 radical (unpaired) electrons. The van der Waals surface area contributed by atoms with Crippen molar-refractivity contribution < 1.29 is 9.72 Å². The number of nitro groups is 1. The van der Waals surface area contributed by atoms with Gasteiger partial charge in [0.1, 0.15) is 17.9 Å². The fraction of sp³-hybridized carbons (Fsp3) is 0.235. The van der Waals surface area contributed by atoms with Crippen molar-refractivity contribution in [3.05, 3.63) is 73.8 Å². The second-order valence-electron chi connectivity index (χ2n) is 5.74. The summed E-state index contributed by atoms with van der Waals surface area (Å²) in [6, 6.07) is 9.88. The molecule has 0 aliphatic rings. The van der Waals surface area contributed by atoms with E-state index in [0.717, 1.165) is 5.56 Å². The van der Waals surface area contributed by atoms with Crippen molar-refractivity contribution in [2.24, 2.45) is 4.99 Å². The van der Waals surface area contributed by atoms with E-state index in [1.54, 1.807) is 13.8 Å². The zero-order valence-corrected chi connectivity index (χ0v) is 15.1. The van der Waals surface area contributed by atoms with Crippen molar-refractivity contribution in [1.82, 2.24) is 14.3 Å². The number of amides is 1. The van der Waals surface area contributed by atoms with Crippen molar-refractivity contribution in [1.29, 1.82) is 0 Å². The highest BCUT2D eigenvalue weighted by atomic mass is 32.1. The maximum Gasteiger partial charge on any atom is 0.312 e. The van der Waals surface area contributed by atoms with Gasteiger partial charge in [0, 0.05) is 18.1 Å². The first-order chi connectivity index (χ1) is 12.5. The normalized spacial score (nSPS) is 11.7. The van der Waals surface area contributed by atoms with E-state index in [4.69, 9.17) is 0 Å². The number of carbonyl (C=O) groups is 1. The Morgan fingerprint density at radius 3 is 2.69 bits per heavy atom. The first-order valence-corrected chi connectivity index (χ1v) is 8.77. The molecular weight excluding hydrogens is 354 g/mol. The maximum atomic E-state index is 12.3. The molecule has 0 bridgehead atoms. The monoisotopic (exact) mass is 371 g/mol. The lowest BCUT2D eigenvalue weighted by molar-refractivity contribution is -0.386. The van der Waals surface area contributed by atoms with Gasteiger partial charge < -0.3 is 4.57 Å². The fourth-order valence-corrected chi connectivity index (χ4v) is 3.41. The van der Waals surface area contributed by atoms with E-state index in [-0.39, 0.29) is 17.9 Å². The van der Waals surface area contributed by atoms with Crippen LogP contribution in [0.25, 0.3) is 0 Å². The zero-order valence-electron chi connectivity index (χ0n) is 14.3. The number of hydrogen-bond acceptors (Lipinski definition) is 5. The largest absolute Gasteiger partial charge is 0.319 e. The number of carbonyl (C=O) groups excluding carboxylic acids is 1. The first kappa shape index (κ1) is 17.7. The predicted octanol–water partition coefficient (Wildman–Crippen LogP) is 2.45. The van der Waals surface area contributed by atoms with E-state index in [9.17, 15) is 14.9 Å². The molecule has 0 saturated carbocycles. The standard InChI is InChI=1S/C17H17N5O3S/c1-12-16(22(24)25)13(2)21(19-12)11-15(23)18-17-20(8-9-26-17)10-14-6-4-3-5-7-14/h3-9H,10-11H2,1-2H3. The zero-order chi connectivity index (χ0) is 18.7. The molecule has 0 atom stereocenters. The molecule has 26 heavy (non-hydrogen) atoms. The van der Waals surface area contributed by atoms with Crippen LogP contribution < -0.4 is 4.80 Å². The molecule has 0 saturated heterocycles. The first-order valence-electron chi connectivity index (χ1n) is 7.89. The van der Waals surface area contributed by atoms with Gasteiger partial charge in [-0.05, 0) is 19.4 Å². The summed E-state index contributed by atoms with van der Waals surface area (Å²) in [5.74, 6) is -0.408. The summed E-state index contributed by atoms with van der Waals surface area (Å²) < 4.78 is 3.22. The van der Waals surface area contributed by atoms with Gasteiger partial charge in [0.25, 0.3) is 5.91 Å².